The van der Waals surface area contributed by atoms with E-state index in [1.54, 1.807) is 0 Å². The molecule has 0 saturated carbocycles. The monoisotopic (exact) mass is 142 g/mol. The first-order valence-electron chi connectivity index (χ1n) is 4.77. The van der Waals surface area contributed by atoms with Crippen LogP contribution in [0.4, 0.5) is 0 Å². The summed E-state index contributed by atoms with van der Waals surface area (Å²) >= 11 is 0. The fourth-order valence-electron chi connectivity index (χ4n) is 0.609. The Hall–Kier alpha value is -1.02. The average molecular weight is 142 g/mol. The van der Waals surface area contributed by atoms with E-state index in [-0.39, 0.29) is 11.3 Å². The lowest BCUT2D eigenvalue weighted by molar-refractivity contribution is 0.299. The van der Waals surface area contributed by atoms with E-state index < -0.39 is 12.9 Å². The molecule has 2 heteroatoms. The van der Waals surface area contributed by atoms with Crippen LogP contribution in [0.15, 0.2) is 24.3 Å². The summed E-state index contributed by atoms with van der Waals surface area (Å²) in [5, 5.41) is 17.9. The summed E-state index contributed by atoms with van der Waals surface area (Å²) in [6, 6.07) is 4.92. The lowest BCUT2D eigenvalue weighted by Gasteiger charge is -1.96. The standard InChI is InChI=1S/C8H10O2/c9-6-5-7-1-3-8(10)4-2-7/h1-4,9-10H,5-6H2/i5D2,6D2. The van der Waals surface area contributed by atoms with Crippen molar-refractivity contribution in [3.05, 3.63) is 29.8 Å². The molecule has 2 nitrogen and oxygen atoms in total. The minimum Gasteiger partial charge on any atom is -0.508 e. The number of phenols is 1. The Labute approximate surface area is 65.4 Å². The van der Waals surface area contributed by atoms with Crippen molar-refractivity contribution in [2.75, 3.05) is 6.56 Å². The number of phenolic OH excluding ortho intramolecular Hbond substituents is 1. The van der Waals surface area contributed by atoms with Crippen molar-refractivity contribution in [3.63, 3.8) is 0 Å². The molecule has 0 unspecified atom stereocenters. The predicted octanol–water partition coefficient (Wildman–Crippen LogP) is 0.927. The zero-order valence-electron chi connectivity index (χ0n) is 9.20. The Morgan fingerprint density at radius 3 is 2.40 bits per heavy atom. The van der Waals surface area contributed by atoms with Crippen molar-refractivity contribution in [2.45, 2.75) is 6.37 Å². The molecule has 0 atom stereocenters. The zero-order valence-corrected chi connectivity index (χ0v) is 5.20. The molecule has 0 heterocycles. The van der Waals surface area contributed by atoms with Gasteiger partial charge in [-0.25, -0.2) is 0 Å². The summed E-state index contributed by atoms with van der Waals surface area (Å²) in [6.07, 6.45) is -2.50. The minimum atomic E-state index is -2.95. The molecule has 0 aliphatic carbocycles. The molecular weight excluding hydrogens is 128 g/mol. The molecule has 2 N–H and O–H groups in total. The van der Waals surface area contributed by atoms with E-state index in [1.165, 1.54) is 24.3 Å². The molecule has 0 radical (unpaired) electrons. The third kappa shape index (κ3) is 1.74. The van der Waals surface area contributed by atoms with E-state index >= 15 is 0 Å². The fourth-order valence-corrected chi connectivity index (χ4v) is 0.609. The van der Waals surface area contributed by atoms with Crippen molar-refractivity contribution < 1.29 is 15.7 Å². The molecule has 0 fully saturated rings. The largest absolute Gasteiger partial charge is 0.508 e. The van der Waals surface area contributed by atoms with Gasteiger partial charge in [0.25, 0.3) is 0 Å². The summed E-state index contributed by atoms with van der Waals surface area (Å²) in [7, 11) is 0. The molecule has 10 heavy (non-hydrogen) atoms. The maximum atomic E-state index is 8.96. The maximum absolute atomic E-state index is 8.96. The van der Waals surface area contributed by atoms with E-state index in [0.29, 0.717) is 0 Å². The van der Waals surface area contributed by atoms with E-state index in [0.717, 1.165) is 0 Å². The Kier molecular flexibility index (Phi) is 1.09. The Morgan fingerprint density at radius 1 is 1.30 bits per heavy atom. The topological polar surface area (TPSA) is 40.5 Å². The third-order valence-corrected chi connectivity index (χ3v) is 1.07. The summed E-state index contributed by atoms with van der Waals surface area (Å²) in [4.78, 5) is 0. The van der Waals surface area contributed by atoms with Gasteiger partial charge in [0, 0.05) is 9.30 Å². The Bertz CT molecular complexity index is 315. The first-order chi connectivity index (χ1) is 6.25. The van der Waals surface area contributed by atoms with Crippen molar-refractivity contribution in [1.82, 2.24) is 0 Å². The van der Waals surface area contributed by atoms with Gasteiger partial charge < -0.3 is 10.2 Å². The maximum Gasteiger partial charge on any atom is 0.115 e. The van der Waals surface area contributed by atoms with Crippen molar-refractivity contribution >= 4 is 0 Å². The van der Waals surface area contributed by atoms with Gasteiger partial charge in [-0.15, -0.1) is 0 Å². The number of hydrogen-bond donors (Lipinski definition) is 2. The highest BCUT2D eigenvalue weighted by atomic mass is 16.3. The summed E-state index contributed by atoms with van der Waals surface area (Å²) in [5.41, 5.74) is -0.0252. The van der Waals surface area contributed by atoms with Crippen LogP contribution in [0.25, 0.3) is 0 Å². The molecule has 54 valence electrons. The van der Waals surface area contributed by atoms with Crippen molar-refractivity contribution in [1.29, 1.82) is 0 Å². The van der Waals surface area contributed by atoms with Gasteiger partial charge in [0.1, 0.15) is 5.75 Å². The lowest BCUT2D eigenvalue weighted by Crippen LogP contribution is -1.88. The van der Waals surface area contributed by atoms with Crippen LogP contribution in [0.3, 0.4) is 0 Å². The van der Waals surface area contributed by atoms with E-state index in [2.05, 4.69) is 0 Å². The van der Waals surface area contributed by atoms with Crippen LogP contribution >= 0.6 is 0 Å². The summed E-state index contributed by atoms with van der Waals surface area (Å²) < 4.78 is 28.5. The first-order valence-corrected chi connectivity index (χ1v) is 2.77. The van der Waals surface area contributed by atoms with E-state index in [1.807, 2.05) is 0 Å². The highest BCUT2D eigenvalue weighted by molar-refractivity contribution is 5.25. The SMILES string of the molecule is [2H]C([2H])(O)C([2H])([2H])c1ccc(O)cc1. The molecular formula is C8H10O2. The van der Waals surface area contributed by atoms with Crippen molar-refractivity contribution in [2.24, 2.45) is 0 Å². The fraction of sp³-hybridized carbons (Fsp3) is 0.250. The molecule has 0 aromatic heterocycles. The molecule has 1 aromatic carbocycles. The second-order valence-corrected chi connectivity index (χ2v) is 1.78. The first kappa shape index (κ1) is 3.39. The molecule has 0 aliphatic rings. The van der Waals surface area contributed by atoms with Gasteiger partial charge in [0.05, 0.1) is 2.74 Å². The quantitative estimate of drug-likeness (QED) is 0.644. The van der Waals surface area contributed by atoms with Crippen molar-refractivity contribution in [3.8, 4) is 5.75 Å². The summed E-state index contributed by atoms with van der Waals surface area (Å²) in [6.45, 7) is -2.95. The minimum absolute atomic E-state index is 0.0252. The number of hydrogen-bond acceptors (Lipinski definition) is 2. The second-order valence-electron chi connectivity index (χ2n) is 1.78. The summed E-state index contributed by atoms with van der Waals surface area (Å²) in [5.74, 6) is -0.0388. The third-order valence-electron chi connectivity index (χ3n) is 1.07. The van der Waals surface area contributed by atoms with Gasteiger partial charge in [-0.05, 0) is 24.1 Å². The Balaban J connectivity index is 3.10. The normalized spacial score (nSPS) is 18.5. The molecule has 0 amide bonds. The van der Waals surface area contributed by atoms with Gasteiger partial charge in [0.15, 0.2) is 0 Å². The van der Waals surface area contributed by atoms with Gasteiger partial charge >= 0.3 is 0 Å². The molecule has 0 spiro atoms. The average Bonchev–Trinajstić information content (AvgIpc) is 2.03. The van der Waals surface area contributed by atoms with Crippen LogP contribution < -0.4 is 0 Å². The molecule has 0 saturated heterocycles. The van der Waals surface area contributed by atoms with Crippen LogP contribution in [-0.4, -0.2) is 16.8 Å². The lowest BCUT2D eigenvalue weighted by atomic mass is 10.2. The molecule has 1 rings (SSSR count). The van der Waals surface area contributed by atoms with Gasteiger partial charge in [0.2, 0.25) is 0 Å². The van der Waals surface area contributed by atoms with Crippen LogP contribution in [0.1, 0.15) is 11.0 Å². The van der Waals surface area contributed by atoms with Crippen LogP contribution in [0.2, 0.25) is 0 Å². The van der Waals surface area contributed by atoms with Gasteiger partial charge in [-0.1, -0.05) is 12.1 Å². The number of aromatic hydroxyl groups is 1. The number of benzene rings is 1. The highest BCUT2D eigenvalue weighted by Crippen LogP contribution is 2.09. The number of aliphatic hydroxyl groups is 1. The van der Waals surface area contributed by atoms with Gasteiger partial charge in [-0.2, -0.15) is 0 Å². The van der Waals surface area contributed by atoms with Crippen LogP contribution in [0.5, 0.6) is 5.75 Å². The van der Waals surface area contributed by atoms with Crippen LogP contribution in [-0.2, 0) is 6.37 Å². The Morgan fingerprint density at radius 2 is 1.90 bits per heavy atom. The number of rotatable bonds is 2. The second kappa shape index (κ2) is 3.22. The molecule has 0 bridgehead atoms. The predicted molar refractivity (Wildman–Crippen MR) is 38.9 cm³/mol. The highest BCUT2D eigenvalue weighted by Gasteiger charge is 1.90. The number of aryl methyl sites for hydroxylation is 1. The molecule has 1 aromatic rings. The molecule has 0 aliphatic heterocycles. The van der Waals surface area contributed by atoms with Crippen LogP contribution in [0, 0.1) is 0 Å². The van der Waals surface area contributed by atoms with E-state index in [4.69, 9.17) is 15.7 Å². The van der Waals surface area contributed by atoms with Gasteiger partial charge in [-0.3, -0.25) is 0 Å². The smallest absolute Gasteiger partial charge is 0.115 e. The van der Waals surface area contributed by atoms with E-state index in [9.17, 15) is 0 Å². The zero-order chi connectivity index (χ0) is 11.0.